The molecule has 9 nitrogen and oxygen atoms in total. The lowest BCUT2D eigenvalue weighted by molar-refractivity contribution is 0.176. The number of H-pyrrole nitrogens is 1. The maximum atomic E-state index is 11.7. The van der Waals surface area contributed by atoms with E-state index in [9.17, 15) is 24.9 Å². The molecule has 5 rings (SSSR count). The molecule has 0 fully saturated rings. The minimum atomic E-state index is -1.08. The number of aromatic hydroxyl groups is 1. The average molecular weight is 638 g/mol. The van der Waals surface area contributed by atoms with E-state index in [0.717, 1.165) is 79.1 Å². The number of amides is 1. The fourth-order valence-electron chi connectivity index (χ4n) is 6.07. The highest BCUT2D eigenvalue weighted by atomic mass is 16.5. The molecule has 0 aliphatic heterocycles. The summed E-state index contributed by atoms with van der Waals surface area (Å²) in [6.45, 7) is 1.80. The number of rotatable bonds is 17. The third-order valence-corrected chi connectivity index (χ3v) is 8.46. The van der Waals surface area contributed by atoms with E-state index in [0.29, 0.717) is 29.6 Å². The molecule has 0 aliphatic carbocycles. The maximum Gasteiger partial charge on any atom is 0.405 e. The quantitative estimate of drug-likeness (QED) is 0.0593. The van der Waals surface area contributed by atoms with Gasteiger partial charge in [0.25, 0.3) is 0 Å². The summed E-state index contributed by atoms with van der Waals surface area (Å²) in [7, 11) is 0. The molecule has 0 aliphatic rings. The second-order valence-corrected chi connectivity index (χ2v) is 11.9. The van der Waals surface area contributed by atoms with Gasteiger partial charge in [-0.3, -0.25) is 4.79 Å². The van der Waals surface area contributed by atoms with Gasteiger partial charge >= 0.3 is 6.09 Å². The summed E-state index contributed by atoms with van der Waals surface area (Å²) in [5.74, 6) is 0.712. The molecular weight excluding hydrogens is 594 g/mol. The molecule has 246 valence electrons. The predicted octanol–water partition coefficient (Wildman–Crippen LogP) is 7.18. The van der Waals surface area contributed by atoms with Crippen LogP contribution in [0.2, 0.25) is 0 Å². The van der Waals surface area contributed by atoms with Crippen molar-refractivity contribution >= 4 is 27.8 Å². The summed E-state index contributed by atoms with van der Waals surface area (Å²) in [6.07, 6.45) is 5.77. The normalized spacial score (nSPS) is 12.6. The third kappa shape index (κ3) is 9.12. The molecule has 2 atom stereocenters. The van der Waals surface area contributed by atoms with Gasteiger partial charge in [0.2, 0.25) is 5.56 Å². The van der Waals surface area contributed by atoms with E-state index < -0.39 is 18.2 Å². The Labute approximate surface area is 274 Å². The molecule has 0 radical (unpaired) electrons. The summed E-state index contributed by atoms with van der Waals surface area (Å²) in [5, 5.41) is 39.0. The fraction of sp³-hybridized carbons (Fsp3) is 0.316. The van der Waals surface area contributed by atoms with E-state index in [1.807, 2.05) is 66.7 Å². The van der Waals surface area contributed by atoms with Crippen molar-refractivity contribution in [3.63, 3.8) is 0 Å². The first-order chi connectivity index (χ1) is 22.9. The number of unbranched alkanes of at least 4 members (excludes halogenated alkanes) is 6. The zero-order valence-electron chi connectivity index (χ0n) is 26.5. The van der Waals surface area contributed by atoms with Crippen LogP contribution in [0, 0.1) is 0 Å². The molecule has 0 saturated carbocycles. The number of hydrogen-bond acceptors (Lipinski definition) is 6. The number of fused-ring (bicyclic) bond motifs is 2. The van der Waals surface area contributed by atoms with Crippen molar-refractivity contribution in [3.8, 4) is 11.5 Å². The van der Waals surface area contributed by atoms with E-state index in [4.69, 9.17) is 4.74 Å². The molecule has 0 bridgehead atoms. The molecule has 5 aromatic rings. The lowest BCUT2D eigenvalue weighted by Crippen LogP contribution is -2.27. The van der Waals surface area contributed by atoms with E-state index >= 15 is 0 Å². The van der Waals surface area contributed by atoms with E-state index in [1.54, 1.807) is 12.1 Å². The van der Waals surface area contributed by atoms with Crippen LogP contribution in [0.15, 0.2) is 95.8 Å². The van der Waals surface area contributed by atoms with Gasteiger partial charge in [-0.2, -0.15) is 0 Å². The topological polar surface area (TPSA) is 144 Å². The van der Waals surface area contributed by atoms with Crippen molar-refractivity contribution in [2.75, 3.05) is 19.7 Å². The minimum Gasteiger partial charge on any atom is -0.506 e. The Bertz CT molecular complexity index is 1830. The summed E-state index contributed by atoms with van der Waals surface area (Å²) < 4.78 is 6.05. The second kappa shape index (κ2) is 16.6. The highest BCUT2D eigenvalue weighted by Crippen LogP contribution is 2.31. The average Bonchev–Trinajstić information content (AvgIpc) is 3.08. The Hall–Kier alpha value is -4.86. The number of phenolic OH excluding ortho intramolecular Hbond substituents is 1. The zero-order chi connectivity index (χ0) is 33.0. The zero-order valence-corrected chi connectivity index (χ0v) is 26.5. The van der Waals surface area contributed by atoms with Gasteiger partial charge in [-0.25, -0.2) is 4.79 Å². The third-order valence-electron chi connectivity index (χ3n) is 8.46. The summed E-state index contributed by atoms with van der Waals surface area (Å²) in [6, 6.07) is 27.2. The van der Waals surface area contributed by atoms with Crippen LogP contribution >= 0.6 is 0 Å². The first-order valence-electron chi connectivity index (χ1n) is 16.3. The molecule has 0 spiro atoms. The number of pyridine rings is 1. The number of carbonyl (C=O) groups is 1. The van der Waals surface area contributed by atoms with E-state index in [1.165, 1.54) is 12.1 Å². The van der Waals surface area contributed by atoms with Crippen molar-refractivity contribution in [1.82, 2.24) is 15.6 Å². The Balaban J connectivity index is 0.977. The number of benzene rings is 4. The van der Waals surface area contributed by atoms with Gasteiger partial charge in [0.1, 0.15) is 11.5 Å². The van der Waals surface area contributed by atoms with Crippen LogP contribution in [-0.4, -0.2) is 46.1 Å². The van der Waals surface area contributed by atoms with Crippen LogP contribution in [0.5, 0.6) is 11.5 Å². The Kier molecular flexibility index (Phi) is 11.9. The van der Waals surface area contributed by atoms with E-state index in [-0.39, 0.29) is 11.3 Å². The number of nitrogens with one attached hydrogen (secondary N) is 3. The van der Waals surface area contributed by atoms with Crippen molar-refractivity contribution in [3.05, 3.63) is 118 Å². The first-order valence-corrected chi connectivity index (χ1v) is 16.3. The Morgan fingerprint density at radius 3 is 2.36 bits per heavy atom. The van der Waals surface area contributed by atoms with Gasteiger partial charge in [-0.1, -0.05) is 92.8 Å². The van der Waals surface area contributed by atoms with Crippen LogP contribution in [0.25, 0.3) is 21.7 Å². The number of aromatic nitrogens is 1. The maximum absolute atomic E-state index is 11.7. The SMILES string of the molecule is O=C(O)NC(c1cccc(OCCCCCCCCCNC[C@H](O)c2ccc(O)c3[nH]c(=O)ccc23)c1)c1cccc2ccccc12. The lowest BCUT2D eigenvalue weighted by atomic mass is 9.93. The van der Waals surface area contributed by atoms with Crippen molar-refractivity contribution < 1.29 is 24.9 Å². The second-order valence-electron chi connectivity index (χ2n) is 11.9. The highest BCUT2D eigenvalue weighted by molar-refractivity contribution is 5.88. The molecule has 0 saturated heterocycles. The smallest absolute Gasteiger partial charge is 0.405 e. The Morgan fingerprint density at radius 2 is 1.53 bits per heavy atom. The standard InChI is InChI=1S/C38H43N3O6/c42-33-20-18-30(32-19-21-35(44)40-37(32)33)34(43)25-39-22-8-4-2-1-3-5-9-23-47-28-15-10-14-27(24-28)36(41-38(45)46)31-17-11-13-26-12-6-7-16-29(26)31/h6-7,10-21,24,34,36,39,41-43H,1-5,8-9,22-23,25H2,(H,40,44)(H,45,46)/t34-,36?/m0/s1. The molecule has 1 heterocycles. The minimum absolute atomic E-state index is 0.0159. The van der Waals surface area contributed by atoms with Crippen LogP contribution in [0.4, 0.5) is 4.79 Å². The van der Waals surface area contributed by atoms with Crippen LogP contribution < -0.4 is 20.9 Å². The van der Waals surface area contributed by atoms with Crippen molar-refractivity contribution in [1.29, 1.82) is 0 Å². The van der Waals surface area contributed by atoms with Crippen LogP contribution in [0.3, 0.4) is 0 Å². The molecule has 9 heteroatoms. The fourth-order valence-corrected chi connectivity index (χ4v) is 6.07. The molecule has 6 N–H and O–H groups in total. The number of aromatic amines is 1. The van der Waals surface area contributed by atoms with Gasteiger partial charge in [-0.05, 0) is 71.1 Å². The van der Waals surface area contributed by atoms with Crippen molar-refractivity contribution in [2.24, 2.45) is 0 Å². The largest absolute Gasteiger partial charge is 0.506 e. The Morgan fingerprint density at radius 1 is 0.787 bits per heavy atom. The number of carboxylic acid groups (broad SMARTS) is 1. The first kappa shape index (κ1) is 33.5. The number of hydrogen-bond donors (Lipinski definition) is 6. The number of phenols is 1. The number of aliphatic hydroxyl groups excluding tert-OH is 1. The van der Waals surface area contributed by atoms with Crippen molar-refractivity contribution in [2.45, 2.75) is 57.1 Å². The lowest BCUT2D eigenvalue weighted by Gasteiger charge is -2.20. The monoisotopic (exact) mass is 637 g/mol. The van der Waals surface area contributed by atoms with Gasteiger partial charge < -0.3 is 35.7 Å². The van der Waals surface area contributed by atoms with Crippen LogP contribution in [0.1, 0.15) is 73.8 Å². The number of aliphatic hydroxyl groups is 1. The molecule has 1 aromatic heterocycles. The molecular formula is C38H43N3O6. The predicted molar refractivity (Wildman–Crippen MR) is 185 cm³/mol. The molecule has 47 heavy (non-hydrogen) atoms. The summed E-state index contributed by atoms with van der Waals surface area (Å²) in [5.41, 5.74) is 2.44. The van der Waals surface area contributed by atoms with Gasteiger partial charge in [-0.15, -0.1) is 0 Å². The van der Waals surface area contributed by atoms with Gasteiger partial charge in [0.05, 0.1) is 24.3 Å². The molecule has 1 amide bonds. The summed E-state index contributed by atoms with van der Waals surface area (Å²) in [4.78, 5) is 26.0. The molecule has 4 aromatic carbocycles. The van der Waals surface area contributed by atoms with Gasteiger partial charge in [0, 0.05) is 18.0 Å². The molecule has 1 unspecified atom stereocenters. The van der Waals surface area contributed by atoms with E-state index in [2.05, 4.69) is 15.6 Å². The number of ether oxygens (including phenoxy) is 1. The van der Waals surface area contributed by atoms with Crippen LogP contribution in [-0.2, 0) is 0 Å². The van der Waals surface area contributed by atoms with Gasteiger partial charge in [0.15, 0.2) is 0 Å². The summed E-state index contributed by atoms with van der Waals surface area (Å²) >= 11 is 0. The highest BCUT2D eigenvalue weighted by Gasteiger charge is 2.19.